The fourth-order valence-corrected chi connectivity index (χ4v) is 3.12. The standard InChI is InChI=1S/C15H21NOS/c1-12(2)16(8-5-9-17)10-13-11-18-15-7-4-3-6-14(13)15/h3-4,6-7,11-12,17H,5,8-10H2,1-2H3. The van der Waals surface area contributed by atoms with Gasteiger partial charge in [0.2, 0.25) is 0 Å². The van der Waals surface area contributed by atoms with E-state index in [4.69, 9.17) is 5.11 Å². The van der Waals surface area contributed by atoms with Gasteiger partial charge in [-0.3, -0.25) is 4.90 Å². The van der Waals surface area contributed by atoms with Crippen LogP contribution < -0.4 is 0 Å². The zero-order chi connectivity index (χ0) is 13.0. The highest BCUT2D eigenvalue weighted by Gasteiger charge is 2.12. The van der Waals surface area contributed by atoms with Crippen LogP contribution in [0.15, 0.2) is 29.6 Å². The SMILES string of the molecule is CC(C)N(CCCO)Cc1csc2ccccc12. The molecule has 0 spiro atoms. The Bertz CT molecular complexity index is 492. The van der Waals surface area contributed by atoms with Crippen LogP contribution in [-0.2, 0) is 6.54 Å². The third-order valence-electron chi connectivity index (χ3n) is 3.27. The molecule has 0 aliphatic rings. The molecular weight excluding hydrogens is 242 g/mol. The molecule has 1 N–H and O–H groups in total. The van der Waals surface area contributed by atoms with E-state index in [1.165, 1.54) is 15.6 Å². The molecule has 0 fully saturated rings. The van der Waals surface area contributed by atoms with Crippen molar-refractivity contribution in [2.24, 2.45) is 0 Å². The fourth-order valence-electron chi connectivity index (χ4n) is 2.17. The molecule has 2 nitrogen and oxygen atoms in total. The van der Waals surface area contributed by atoms with Crippen LogP contribution in [0.2, 0.25) is 0 Å². The summed E-state index contributed by atoms with van der Waals surface area (Å²) in [6, 6.07) is 9.08. The first kappa shape index (κ1) is 13.5. The fraction of sp³-hybridized carbons (Fsp3) is 0.467. The Labute approximate surface area is 113 Å². The van der Waals surface area contributed by atoms with Gasteiger partial charge in [-0.2, -0.15) is 0 Å². The third kappa shape index (κ3) is 3.10. The first-order valence-corrected chi connectivity index (χ1v) is 7.40. The van der Waals surface area contributed by atoms with Gasteiger partial charge in [-0.15, -0.1) is 11.3 Å². The number of thiophene rings is 1. The molecule has 0 amide bonds. The largest absolute Gasteiger partial charge is 0.396 e. The summed E-state index contributed by atoms with van der Waals surface area (Å²) in [4.78, 5) is 2.42. The van der Waals surface area contributed by atoms with Gasteiger partial charge in [-0.25, -0.2) is 0 Å². The molecule has 0 atom stereocenters. The van der Waals surface area contributed by atoms with Gasteiger partial charge < -0.3 is 5.11 Å². The molecule has 98 valence electrons. The van der Waals surface area contributed by atoms with E-state index >= 15 is 0 Å². The summed E-state index contributed by atoms with van der Waals surface area (Å²) >= 11 is 1.82. The van der Waals surface area contributed by atoms with Crippen molar-refractivity contribution < 1.29 is 5.11 Å². The van der Waals surface area contributed by atoms with Crippen LogP contribution in [0.1, 0.15) is 25.8 Å². The molecular formula is C15H21NOS. The molecule has 2 aromatic rings. The van der Waals surface area contributed by atoms with Crippen molar-refractivity contribution in [3.05, 3.63) is 35.2 Å². The van der Waals surface area contributed by atoms with E-state index in [2.05, 4.69) is 48.4 Å². The van der Waals surface area contributed by atoms with Gasteiger partial charge in [0.15, 0.2) is 0 Å². The lowest BCUT2D eigenvalue weighted by atomic mass is 10.1. The quantitative estimate of drug-likeness (QED) is 0.862. The van der Waals surface area contributed by atoms with Gasteiger partial charge in [-0.05, 0) is 42.7 Å². The number of aliphatic hydroxyl groups excluding tert-OH is 1. The zero-order valence-corrected chi connectivity index (χ0v) is 11.9. The summed E-state index contributed by atoms with van der Waals surface area (Å²) in [5, 5.41) is 12.6. The average Bonchev–Trinajstić information content (AvgIpc) is 2.77. The molecule has 18 heavy (non-hydrogen) atoms. The maximum Gasteiger partial charge on any atom is 0.0443 e. The lowest BCUT2D eigenvalue weighted by Crippen LogP contribution is -2.31. The molecule has 3 heteroatoms. The Kier molecular flexibility index (Phi) is 4.75. The molecule has 0 unspecified atom stereocenters. The van der Waals surface area contributed by atoms with Crippen molar-refractivity contribution >= 4 is 21.4 Å². The van der Waals surface area contributed by atoms with Gasteiger partial charge in [0.05, 0.1) is 0 Å². The molecule has 1 aromatic carbocycles. The molecule has 0 aliphatic heterocycles. The minimum absolute atomic E-state index is 0.271. The number of hydrogen-bond donors (Lipinski definition) is 1. The summed E-state index contributed by atoms with van der Waals surface area (Å²) in [5.74, 6) is 0. The molecule has 0 saturated heterocycles. The van der Waals surface area contributed by atoms with Gasteiger partial charge in [0.25, 0.3) is 0 Å². The molecule has 0 bridgehead atoms. The predicted molar refractivity (Wildman–Crippen MR) is 79.1 cm³/mol. The normalized spacial score (nSPS) is 11.8. The molecule has 0 saturated carbocycles. The van der Waals surface area contributed by atoms with Crippen molar-refractivity contribution in [3.8, 4) is 0 Å². The van der Waals surface area contributed by atoms with Crippen LogP contribution >= 0.6 is 11.3 Å². The number of fused-ring (bicyclic) bond motifs is 1. The van der Waals surface area contributed by atoms with E-state index in [9.17, 15) is 0 Å². The molecule has 0 radical (unpaired) electrons. The smallest absolute Gasteiger partial charge is 0.0443 e. The summed E-state index contributed by atoms with van der Waals surface area (Å²) < 4.78 is 1.36. The van der Waals surface area contributed by atoms with E-state index in [0.29, 0.717) is 6.04 Å². The van der Waals surface area contributed by atoms with E-state index in [0.717, 1.165) is 19.5 Å². The summed E-state index contributed by atoms with van der Waals surface area (Å²) in [6.45, 7) is 6.63. The number of rotatable bonds is 6. The zero-order valence-electron chi connectivity index (χ0n) is 11.1. The lowest BCUT2D eigenvalue weighted by molar-refractivity contribution is 0.185. The monoisotopic (exact) mass is 263 g/mol. The van der Waals surface area contributed by atoms with Crippen molar-refractivity contribution in [1.82, 2.24) is 4.90 Å². The lowest BCUT2D eigenvalue weighted by Gasteiger charge is -2.26. The maximum absolute atomic E-state index is 8.97. The second kappa shape index (κ2) is 6.32. The van der Waals surface area contributed by atoms with E-state index < -0.39 is 0 Å². The number of nitrogens with zero attached hydrogens (tertiary/aromatic N) is 1. The molecule has 1 aromatic heterocycles. The van der Waals surface area contributed by atoms with Crippen molar-refractivity contribution in [2.45, 2.75) is 32.9 Å². The van der Waals surface area contributed by atoms with Crippen LogP contribution in [0.5, 0.6) is 0 Å². The van der Waals surface area contributed by atoms with E-state index in [1.54, 1.807) is 0 Å². The van der Waals surface area contributed by atoms with Crippen molar-refractivity contribution in [3.63, 3.8) is 0 Å². The van der Waals surface area contributed by atoms with E-state index in [-0.39, 0.29) is 6.61 Å². The predicted octanol–water partition coefficient (Wildman–Crippen LogP) is 3.49. The molecule has 1 heterocycles. The average molecular weight is 263 g/mol. The van der Waals surface area contributed by atoms with Crippen LogP contribution in [-0.4, -0.2) is 29.2 Å². The third-order valence-corrected chi connectivity index (χ3v) is 4.28. The molecule has 0 aliphatic carbocycles. The second-order valence-corrected chi connectivity index (χ2v) is 5.81. The Morgan fingerprint density at radius 1 is 1.28 bits per heavy atom. The highest BCUT2D eigenvalue weighted by atomic mass is 32.1. The second-order valence-electron chi connectivity index (χ2n) is 4.90. The van der Waals surface area contributed by atoms with Crippen LogP contribution in [0.25, 0.3) is 10.1 Å². The maximum atomic E-state index is 8.97. The Hall–Kier alpha value is -0.900. The minimum Gasteiger partial charge on any atom is -0.396 e. The minimum atomic E-state index is 0.271. The first-order chi connectivity index (χ1) is 8.72. The van der Waals surface area contributed by atoms with Crippen molar-refractivity contribution in [2.75, 3.05) is 13.2 Å². The summed E-state index contributed by atoms with van der Waals surface area (Å²) in [7, 11) is 0. The van der Waals surface area contributed by atoms with Crippen LogP contribution in [0, 0.1) is 0 Å². The summed E-state index contributed by atoms with van der Waals surface area (Å²) in [5.41, 5.74) is 1.40. The number of aliphatic hydroxyl groups is 1. The van der Waals surface area contributed by atoms with Gasteiger partial charge in [0, 0.05) is 30.4 Å². The first-order valence-electron chi connectivity index (χ1n) is 6.52. The Morgan fingerprint density at radius 2 is 2.06 bits per heavy atom. The van der Waals surface area contributed by atoms with Crippen LogP contribution in [0.3, 0.4) is 0 Å². The Morgan fingerprint density at radius 3 is 2.78 bits per heavy atom. The summed E-state index contributed by atoms with van der Waals surface area (Å²) in [6.07, 6.45) is 0.847. The molecule has 2 rings (SSSR count). The van der Waals surface area contributed by atoms with Gasteiger partial charge in [-0.1, -0.05) is 18.2 Å². The van der Waals surface area contributed by atoms with Crippen LogP contribution in [0.4, 0.5) is 0 Å². The van der Waals surface area contributed by atoms with E-state index in [1.807, 2.05) is 11.3 Å². The highest BCUT2D eigenvalue weighted by molar-refractivity contribution is 7.17. The highest BCUT2D eigenvalue weighted by Crippen LogP contribution is 2.27. The van der Waals surface area contributed by atoms with Crippen molar-refractivity contribution in [1.29, 1.82) is 0 Å². The number of hydrogen-bond acceptors (Lipinski definition) is 3. The Balaban J connectivity index is 2.15. The topological polar surface area (TPSA) is 23.5 Å². The van der Waals surface area contributed by atoms with Gasteiger partial charge >= 0.3 is 0 Å². The van der Waals surface area contributed by atoms with Gasteiger partial charge in [0.1, 0.15) is 0 Å². The number of benzene rings is 1.